The molecule has 0 saturated heterocycles. The molecule has 2 heterocycles. The minimum Gasteiger partial charge on any atom is -0.462 e. The second-order valence-corrected chi connectivity index (χ2v) is 5.09. The molecule has 0 atom stereocenters. The quantitative estimate of drug-likeness (QED) is 0.389. The molecule has 0 radical (unpaired) electrons. The van der Waals surface area contributed by atoms with Gasteiger partial charge in [0.15, 0.2) is 11.1 Å². The molecule has 0 aliphatic carbocycles. The molecule has 12 heteroatoms. The van der Waals surface area contributed by atoms with Gasteiger partial charge in [-0.05, 0) is 57.9 Å². The van der Waals surface area contributed by atoms with Gasteiger partial charge in [-0.3, -0.25) is 0 Å². The minimum absolute atomic E-state index is 0.0147. The van der Waals surface area contributed by atoms with E-state index in [1.54, 1.807) is 13.8 Å². The van der Waals surface area contributed by atoms with Gasteiger partial charge >= 0.3 is 23.6 Å². The van der Waals surface area contributed by atoms with E-state index in [9.17, 15) is 29.8 Å². The lowest BCUT2D eigenvalue weighted by Gasteiger charge is -2.04. The molecule has 0 amide bonds. The van der Waals surface area contributed by atoms with Crippen molar-refractivity contribution < 1.29 is 28.9 Å². The predicted octanol–water partition coefficient (Wildman–Crippen LogP) is 2.31. The second kappa shape index (κ2) is 8.62. The first-order valence-electron chi connectivity index (χ1n) is 7.95. The van der Waals surface area contributed by atoms with Crippen molar-refractivity contribution in [1.82, 2.24) is 9.97 Å². The Labute approximate surface area is 157 Å². The van der Waals surface area contributed by atoms with Gasteiger partial charge in [0.25, 0.3) is 0 Å². The summed E-state index contributed by atoms with van der Waals surface area (Å²) in [5.41, 5.74) is -0.932. The normalized spacial score (nSPS) is 10.2. The number of hydrogen-bond donors (Lipinski definition) is 0. The van der Waals surface area contributed by atoms with Gasteiger partial charge in [0.05, 0.1) is 13.2 Å². The Morgan fingerprint density at radius 3 is 1.46 bits per heavy atom. The third-order valence-corrected chi connectivity index (χ3v) is 3.35. The summed E-state index contributed by atoms with van der Waals surface area (Å²) < 4.78 is 9.48. The third-order valence-electron chi connectivity index (χ3n) is 3.35. The van der Waals surface area contributed by atoms with E-state index in [0.29, 0.717) is 0 Å². The first-order valence-corrected chi connectivity index (χ1v) is 7.95. The Balaban J connectivity index is 2.55. The van der Waals surface area contributed by atoms with Crippen molar-refractivity contribution in [2.45, 2.75) is 13.8 Å². The fourth-order valence-corrected chi connectivity index (χ4v) is 2.20. The van der Waals surface area contributed by atoms with Crippen molar-refractivity contribution in [2.24, 2.45) is 0 Å². The van der Waals surface area contributed by atoms with E-state index in [1.807, 2.05) is 0 Å². The standard InChI is InChI=1S/C16H14N4O8/c1-3-27-15(21)9-5-7-11(17-13(9)19(23)24)12-8-6-10(16(22)28-4-2)14(18-12)20(25)26/h5-8H,3-4H2,1-2H3. The van der Waals surface area contributed by atoms with E-state index >= 15 is 0 Å². The molecule has 28 heavy (non-hydrogen) atoms. The van der Waals surface area contributed by atoms with Gasteiger partial charge in [-0.2, -0.15) is 0 Å². The van der Waals surface area contributed by atoms with Gasteiger partial charge in [-0.25, -0.2) is 9.59 Å². The topological polar surface area (TPSA) is 165 Å². The fraction of sp³-hybridized carbons (Fsp3) is 0.250. The summed E-state index contributed by atoms with van der Waals surface area (Å²) in [6.45, 7) is 3.11. The zero-order valence-electron chi connectivity index (χ0n) is 14.8. The van der Waals surface area contributed by atoms with Gasteiger partial charge in [-0.15, -0.1) is 0 Å². The van der Waals surface area contributed by atoms with E-state index < -0.39 is 33.4 Å². The molecule has 12 nitrogen and oxygen atoms in total. The van der Waals surface area contributed by atoms with Crippen molar-refractivity contribution in [3.8, 4) is 11.4 Å². The van der Waals surface area contributed by atoms with E-state index in [-0.39, 0.29) is 35.7 Å². The zero-order valence-corrected chi connectivity index (χ0v) is 14.8. The Bertz CT molecular complexity index is 882. The van der Waals surface area contributed by atoms with Crippen LogP contribution in [0.15, 0.2) is 24.3 Å². The number of ether oxygens (including phenoxy) is 2. The van der Waals surface area contributed by atoms with Crippen LogP contribution >= 0.6 is 0 Å². The van der Waals surface area contributed by atoms with Crippen LogP contribution in [-0.4, -0.2) is 45.0 Å². The maximum Gasteiger partial charge on any atom is 0.378 e. The minimum atomic E-state index is -0.926. The number of carbonyl (C=O) groups excluding carboxylic acids is 2. The van der Waals surface area contributed by atoms with Crippen LogP contribution in [0, 0.1) is 20.2 Å². The first kappa shape index (κ1) is 20.4. The highest BCUT2D eigenvalue weighted by molar-refractivity contribution is 5.94. The summed E-state index contributed by atoms with van der Waals surface area (Å²) in [5, 5.41) is 22.5. The Kier molecular flexibility index (Phi) is 6.26. The third kappa shape index (κ3) is 4.23. The Hall–Kier alpha value is -3.96. The summed E-state index contributed by atoms with van der Waals surface area (Å²) in [5.74, 6) is -3.42. The monoisotopic (exact) mass is 390 g/mol. The van der Waals surface area contributed by atoms with Crippen LogP contribution in [-0.2, 0) is 9.47 Å². The highest BCUT2D eigenvalue weighted by Gasteiger charge is 2.29. The van der Waals surface area contributed by atoms with Crippen molar-refractivity contribution in [1.29, 1.82) is 0 Å². The molecule has 146 valence electrons. The fourth-order valence-electron chi connectivity index (χ4n) is 2.20. The molecule has 2 aromatic heterocycles. The summed E-state index contributed by atoms with van der Waals surface area (Å²) in [6, 6.07) is 4.70. The van der Waals surface area contributed by atoms with Crippen molar-refractivity contribution in [3.05, 3.63) is 55.6 Å². The predicted molar refractivity (Wildman–Crippen MR) is 92.7 cm³/mol. The van der Waals surface area contributed by atoms with Crippen LogP contribution in [0.3, 0.4) is 0 Å². The highest BCUT2D eigenvalue weighted by atomic mass is 16.6. The maximum atomic E-state index is 11.8. The van der Waals surface area contributed by atoms with Crippen LogP contribution in [0.25, 0.3) is 11.4 Å². The molecule has 0 saturated carbocycles. The molecular weight excluding hydrogens is 376 g/mol. The Morgan fingerprint density at radius 2 is 1.18 bits per heavy atom. The number of rotatable bonds is 7. The summed E-state index contributed by atoms with van der Waals surface area (Å²) in [7, 11) is 0. The number of carbonyl (C=O) groups is 2. The number of nitro groups is 2. The smallest absolute Gasteiger partial charge is 0.378 e. The van der Waals surface area contributed by atoms with Crippen molar-refractivity contribution in [2.75, 3.05) is 13.2 Å². The number of hydrogen-bond acceptors (Lipinski definition) is 10. The lowest BCUT2D eigenvalue weighted by atomic mass is 10.1. The molecule has 0 unspecified atom stereocenters. The second-order valence-electron chi connectivity index (χ2n) is 5.09. The van der Waals surface area contributed by atoms with Gasteiger partial charge in [0.1, 0.15) is 0 Å². The van der Waals surface area contributed by atoms with Gasteiger partial charge in [-0.1, -0.05) is 0 Å². The van der Waals surface area contributed by atoms with Crippen LogP contribution in [0.5, 0.6) is 0 Å². The molecule has 0 aliphatic rings. The largest absolute Gasteiger partial charge is 0.462 e. The van der Waals surface area contributed by atoms with Crippen LogP contribution in [0.1, 0.15) is 34.6 Å². The summed E-state index contributed by atoms with van der Waals surface area (Å²) >= 11 is 0. The van der Waals surface area contributed by atoms with E-state index in [4.69, 9.17) is 9.47 Å². The van der Waals surface area contributed by atoms with E-state index in [1.165, 1.54) is 12.1 Å². The molecular formula is C16H14N4O8. The Morgan fingerprint density at radius 1 is 0.821 bits per heavy atom. The van der Waals surface area contributed by atoms with E-state index in [0.717, 1.165) is 12.1 Å². The number of aromatic nitrogens is 2. The average molecular weight is 390 g/mol. The van der Waals surface area contributed by atoms with Crippen molar-refractivity contribution >= 4 is 23.6 Å². The number of esters is 2. The van der Waals surface area contributed by atoms with Crippen LogP contribution in [0.4, 0.5) is 11.6 Å². The molecule has 2 rings (SSSR count). The average Bonchev–Trinajstić information content (AvgIpc) is 2.67. The molecule has 0 spiro atoms. The molecule has 2 aromatic rings. The van der Waals surface area contributed by atoms with Gasteiger partial charge in [0.2, 0.25) is 11.4 Å². The first-order chi connectivity index (χ1) is 13.3. The van der Waals surface area contributed by atoms with Crippen molar-refractivity contribution in [3.63, 3.8) is 0 Å². The number of nitrogens with zero attached hydrogens (tertiary/aromatic N) is 4. The van der Waals surface area contributed by atoms with Crippen LogP contribution in [0.2, 0.25) is 0 Å². The van der Waals surface area contributed by atoms with E-state index in [2.05, 4.69) is 9.97 Å². The molecule has 0 bridgehead atoms. The molecule has 0 fully saturated rings. The molecule has 0 aromatic carbocycles. The summed E-state index contributed by atoms with van der Waals surface area (Å²) in [6.07, 6.45) is 0. The van der Waals surface area contributed by atoms with Gasteiger partial charge < -0.3 is 29.7 Å². The molecule has 0 aliphatic heterocycles. The SMILES string of the molecule is CCOC(=O)c1ccc(-c2ccc(C(=O)OCC)c([N+](=O)[O-])n2)nc1[N+](=O)[O-]. The van der Waals surface area contributed by atoms with Gasteiger partial charge in [0, 0.05) is 0 Å². The maximum absolute atomic E-state index is 11.8. The lowest BCUT2D eigenvalue weighted by molar-refractivity contribution is -0.390. The highest BCUT2D eigenvalue weighted by Crippen LogP contribution is 2.26. The summed E-state index contributed by atoms with van der Waals surface area (Å²) in [4.78, 5) is 51.9. The lowest BCUT2D eigenvalue weighted by Crippen LogP contribution is -2.11. The van der Waals surface area contributed by atoms with Crippen LogP contribution < -0.4 is 0 Å². The number of pyridine rings is 2. The zero-order chi connectivity index (χ0) is 20.8. The molecule has 0 N–H and O–H groups in total.